The van der Waals surface area contributed by atoms with E-state index in [2.05, 4.69) is 10.2 Å². The van der Waals surface area contributed by atoms with Crippen molar-refractivity contribution in [1.29, 1.82) is 0 Å². The van der Waals surface area contributed by atoms with Crippen LogP contribution < -0.4 is 10.5 Å². The Morgan fingerprint density at radius 1 is 1.18 bits per heavy atom. The third kappa shape index (κ3) is 3.44. The van der Waals surface area contributed by atoms with Gasteiger partial charge in [0.1, 0.15) is 5.75 Å². The minimum Gasteiger partial charge on any atom is -0.493 e. The third-order valence-electron chi connectivity index (χ3n) is 2.08. The Morgan fingerprint density at radius 2 is 1.88 bits per heavy atom. The standard InChI is InChI=1S/C11H12ClN3O2/c12-8-1-3-9(4-2-8)16-6-5-10-14-15-11(7-13)17-10/h1-4H,5-7,13H2. The lowest BCUT2D eigenvalue weighted by Crippen LogP contribution is -2.01. The zero-order valence-corrected chi connectivity index (χ0v) is 9.85. The molecule has 0 aliphatic rings. The Balaban J connectivity index is 1.81. The molecule has 0 bridgehead atoms. The van der Waals surface area contributed by atoms with Crippen LogP contribution in [0.3, 0.4) is 0 Å². The first-order chi connectivity index (χ1) is 8.28. The number of hydrogen-bond acceptors (Lipinski definition) is 5. The van der Waals surface area contributed by atoms with Gasteiger partial charge in [0.25, 0.3) is 0 Å². The fraction of sp³-hybridized carbons (Fsp3) is 0.273. The molecule has 0 saturated carbocycles. The number of halogens is 1. The van der Waals surface area contributed by atoms with E-state index in [0.717, 1.165) is 5.75 Å². The lowest BCUT2D eigenvalue weighted by atomic mass is 10.3. The molecular weight excluding hydrogens is 242 g/mol. The number of benzene rings is 1. The molecule has 0 atom stereocenters. The maximum atomic E-state index is 5.76. The molecule has 0 aliphatic heterocycles. The average molecular weight is 254 g/mol. The Hall–Kier alpha value is -1.59. The Kier molecular flexibility index (Phi) is 3.95. The summed E-state index contributed by atoms with van der Waals surface area (Å²) in [6, 6.07) is 7.16. The monoisotopic (exact) mass is 253 g/mol. The van der Waals surface area contributed by atoms with E-state index in [-0.39, 0.29) is 6.54 Å². The van der Waals surface area contributed by atoms with Gasteiger partial charge in [-0.2, -0.15) is 0 Å². The van der Waals surface area contributed by atoms with Crippen molar-refractivity contribution in [1.82, 2.24) is 10.2 Å². The molecule has 0 amide bonds. The normalized spacial score (nSPS) is 10.5. The number of aromatic nitrogens is 2. The Labute approximate surface area is 104 Å². The molecule has 0 aliphatic carbocycles. The van der Waals surface area contributed by atoms with Gasteiger partial charge >= 0.3 is 0 Å². The molecule has 0 unspecified atom stereocenters. The van der Waals surface area contributed by atoms with Crippen LogP contribution in [0.25, 0.3) is 0 Å². The van der Waals surface area contributed by atoms with Crippen molar-refractivity contribution in [3.05, 3.63) is 41.1 Å². The van der Waals surface area contributed by atoms with Crippen molar-refractivity contribution < 1.29 is 9.15 Å². The van der Waals surface area contributed by atoms with Crippen LogP contribution in [0.2, 0.25) is 5.02 Å². The SMILES string of the molecule is NCc1nnc(CCOc2ccc(Cl)cc2)o1. The molecule has 1 aromatic heterocycles. The molecule has 2 N–H and O–H groups in total. The van der Waals surface area contributed by atoms with E-state index >= 15 is 0 Å². The van der Waals surface area contributed by atoms with E-state index < -0.39 is 0 Å². The van der Waals surface area contributed by atoms with Gasteiger partial charge < -0.3 is 14.9 Å². The maximum Gasteiger partial charge on any atom is 0.230 e. The van der Waals surface area contributed by atoms with Crippen LogP contribution >= 0.6 is 11.6 Å². The average Bonchev–Trinajstić information content (AvgIpc) is 2.80. The predicted molar refractivity (Wildman–Crippen MR) is 62.8 cm³/mol. The first-order valence-electron chi connectivity index (χ1n) is 5.17. The summed E-state index contributed by atoms with van der Waals surface area (Å²) in [6.45, 7) is 0.721. The smallest absolute Gasteiger partial charge is 0.230 e. The van der Waals surface area contributed by atoms with Gasteiger partial charge in [0, 0.05) is 5.02 Å². The second-order valence-electron chi connectivity index (χ2n) is 3.35. The molecule has 90 valence electrons. The van der Waals surface area contributed by atoms with Crippen LogP contribution in [0.1, 0.15) is 11.8 Å². The zero-order valence-electron chi connectivity index (χ0n) is 9.10. The number of rotatable bonds is 5. The quantitative estimate of drug-likeness (QED) is 0.880. The van der Waals surface area contributed by atoms with Gasteiger partial charge in [0.05, 0.1) is 19.6 Å². The van der Waals surface area contributed by atoms with Gasteiger partial charge in [-0.25, -0.2) is 0 Å². The number of hydrogen-bond donors (Lipinski definition) is 1. The van der Waals surface area contributed by atoms with Crippen LogP contribution in [0.15, 0.2) is 28.7 Å². The van der Waals surface area contributed by atoms with E-state index in [1.165, 1.54) is 0 Å². The highest BCUT2D eigenvalue weighted by atomic mass is 35.5. The van der Waals surface area contributed by atoms with E-state index in [0.29, 0.717) is 29.8 Å². The summed E-state index contributed by atoms with van der Waals surface area (Å²) >= 11 is 5.76. The lowest BCUT2D eigenvalue weighted by molar-refractivity contribution is 0.304. The van der Waals surface area contributed by atoms with Crippen LogP contribution in [-0.4, -0.2) is 16.8 Å². The molecule has 5 nitrogen and oxygen atoms in total. The van der Waals surface area contributed by atoms with Gasteiger partial charge in [0.15, 0.2) is 0 Å². The van der Waals surface area contributed by atoms with Crippen LogP contribution in [0.5, 0.6) is 5.75 Å². The molecule has 0 spiro atoms. The minimum absolute atomic E-state index is 0.255. The van der Waals surface area contributed by atoms with Crippen molar-refractivity contribution in [3.8, 4) is 5.75 Å². The first kappa shape index (κ1) is 11.9. The number of ether oxygens (including phenoxy) is 1. The molecule has 2 rings (SSSR count). The van der Waals surface area contributed by atoms with Crippen molar-refractivity contribution in [2.24, 2.45) is 5.73 Å². The van der Waals surface area contributed by atoms with Gasteiger partial charge in [-0.1, -0.05) is 11.6 Å². The van der Waals surface area contributed by atoms with Crippen LogP contribution in [0.4, 0.5) is 0 Å². The number of nitrogens with zero attached hydrogens (tertiary/aromatic N) is 2. The van der Waals surface area contributed by atoms with Gasteiger partial charge in [0.2, 0.25) is 11.8 Å². The minimum atomic E-state index is 0.255. The fourth-order valence-electron chi connectivity index (χ4n) is 1.26. The van der Waals surface area contributed by atoms with Gasteiger partial charge in [-0.05, 0) is 24.3 Å². The summed E-state index contributed by atoms with van der Waals surface area (Å²) in [7, 11) is 0. The molecular formula is C11H12ClN3O2. The maximum absolute atomic E-state index is 5.76. The Morgan fingerprint density at radius 3 is 2.53 bits per heavy atom. The topological polar surface area (TPSA) is 74.2 Å². The molecule has 6 heteroatoms. The molecule has 0 saturated heterocycles. The van der Waals surface area contributed by atoms with E-state index in [9.17, 15) is 0 Å². The molecule has 17 heavy (non-hydrogen) atoms. The Bertz CT molecular complexity index is 470. The predicted octanol–water partition coefficient (Wildman–Crippen LogP) is 1.80. The van der Waals surface area contributed by atoms with Gasteiger partial charge in [-0.15, -0.1) is 10.2 Å². The lowest BCUT2D eigenvalue weighted by Gasteiger charge is -2.03. The fourth-order valence-corrected chi connectivity index (χ4v) is 1.38. The van der Waals surface area contributed by atoms with Crippen molar-refractivity contribution in [2.75, 3.05) is 6.61 Å². The highest BCUT2D eigenvalue weighted by Crippen LogP contribution is 2.15. The zero-order chi connectivity index (χ0) is 12.1. The molecule has 0 fully saturated rings. The summed E-state index contributed by atoms with van der Waals surface area (Å²) in [6.07, 6.45) is 0.551. The summed E-state index contributed by atoms with van der Waals surface area (Å²) in [5.41, 5.74) is 5.36. The van der Waals surface area contributed by atoms with E-state index in [4.69, 9.17) is 26.5 Å². The van der Waals surface area contributed by atoms with Crippen molar-refractivity contribution >= 4 is 11.6 Å². The van der Waals surface area contributed by atoms with Crippen molar-refractivity contribution in [3.63, 3.8) is 0 Å². The second kappa shape index (κ2) is 5.65. The van der Waals surface area contributed by atoms with Gasteiger partial charge in [-0.3, -0.25) is 0 Å². The molecule has 0 radical (unpaired) electrons. The van der Waals surface area contributed by atoms with Crippen LogP contribution in [-0.2, 0) is 13.0 Å². The molecule has 2 aromatic rings. The highest BCUT2D eigenvalue weighted by Gasteiger charge is 2.04. The highest BCUT2D eigenvalue weighted by molar-refractivity contribution is 6.30. The largest absolute Gasteiger partial charge is 0.493 e. The van der Waals surface area contributed by atoms with Crippen molar-refractivity contribution in [2.45, 2.75) is 13.0 Å². The van der Waals surface area contributed by atoms with E-state index in [1.807, 2.05) is 12.1 Å². The van der Waals surface area contributed by atoms with Crippen LogP contribution in [0, 0.1) is 0 Å². The summed E-state index contributed by atoms with van der Waals surface area (Å²) in [5.74, 6) is 1.72. The van der Waals surface area contributed by atoms with E-state index in [1.54, 1.807) is 12.1 Å². The second-order valence-corrected chi connectivity index (χ2v) is 3.78. The molecule has 1 heterocycles. The number of nitrogens with two attached hydrogens (primary N) is 1. The first-order valence-corrected chi connectivity index (χ1v) is 5.55. The summed E-state index contributed by atoms with van der Waals surface area (Å²) < 4.78 is 10.7. The third-order valence-corrected chi connectivity index (χ3v) is 2.33. The summed E-state index contributed by atoms with van der Waals surface area (Å²) in [4.78, 5) is 0. The molecule has 1 aromatic carbocycles. The summed E-state index contributed by atoms with van der Waals surface area (Å²) in [5, 5.41) is 8.27.